The monoisotopic (exact) mass is 395 g/mol. The van der Waals surface area contributed by atoms with E-state index < -0.39 is 6.09 Å². The molecule has 0 radical (unpaired) electrons. The number of hydrogen-bond acceptors (Lipinski definition) is 5. The standard InChI is InChI=1S/C17H22BrN3O3/c1-11(19)14(16(22)15-8-7-12(18)9-20-15)10-24-17(23)21(2)13-5-3-4-6-13/h7-9,13,19,22H,3-6,10H2,1-2H3/b16-14-,19-11?. The van der Waals surface area contributed by atoms with Gasteiger partial charge < -0.3 is 20.2 Å². The molecule has 0 atom stereocenters. The Morgan fingerprint density at radius 3 is 2.67 bits per heavy atom. The summed E-state index contributed by atoms with van der Waals surface area (Å²) in [4.78, 5) is 17.9. The molecular formula is C17H22BrN3O3. The number of ether oxygens (including phenoxy) is 1. The summed E-state index contributed by atoms with van der Waals surface area (Å²) >= 11 is 3.28. The van der Waals surface area contributed by atoms with Gasteiger partial charge in [-0.3, -0.25) is 4.98 Å². The number of aliphatic hydroxyl groups is 1. The van der Waals surface area contributed by atoms with Crippen molar-refractivity contribution in [3.63, 3.8) is 0 Å². The lowest BCUT2D eigenvalue weighted by Gasteiger charge is -2.23. The minimum Gasteiger partial charge on any atom is -0.505 e. The second-order valence-electron chi connectivity index (χ2n) is 5.92. The zero-order valence-electron chi connectivity index (χ0n) is 13.9. The highest BCUT2D eigenvalue weighted by Crippen LogP contribution is 2.23. The van der Waals surface area contributed by atoms with Crippen LogP contribution in [0.15, 0.2) is 28.4 Å². The smallest absolute Gasteiger partial charge is 0.410 e. The molecule has 0 saturated heterocycles. The molecule has 1 aliphatic carbocycles. The van der Waals surface area contributed by atoms with E-state index in [9.17, 15) is 9.90 Å². The fourth-order valence-corrected chi connectivity index (χ4v) is 2.94. The highest BCUT2D eigenvalue weighted by molar-refractivity contribution is 9.10. The number of aliphatic hydroxyl groups excluding tert-OH is 1. The molecule has 2 rings (SSSR count). The van der Waals surface area contributed by atoms with Crippen LogP contribution in [0.2, 0.25) is 0 Å². The number of hydrogen-bond donors (Lipinski definition) is 2. The number of carbonyl (C=O) groups is 1. The molecule has 1 amide bonds. The van der Waals surface area contributed by atoms with Crippen LogP contribution in [0, 0.1) is 5.41 Å². The normalized spacial score (nSPS) is 15.8. The molecule has 0 bridgehead atoms. The summed E-state index contributed by atoms with van der Waals surface area (Å²) in [5, 5.41) is 18.2. The number of carbonyl (C=O) groups excluding carboxylic acids is 1. The molecule has 130 valence electrons. The van der Waals surface area contributed by atoms with Crippen LogP contribution >= 0.6 is 15.9 Å². The van der Waals surface area contributed by atoms with Gasteiger partial charge in [-0.15, -0.1) is 0 Å². The Kier molecular flexibility index (Phi) is 6.36. The van der Waals surface area contributed by atoms with E-state index in [1.807, 2.05) is 0 Å². The van der Waals surface area contributed by atoms with Crippen LogP contribution in [0.1, 0.15) is 38.3 Å². The van der Waals surface area contributed by atoms with E-state index in [1.54, 1.807) is 37.2 Å². The highest BCUT2D eigenvalue weighted by atomic mass is 79.9. The molecule has 1 saturated carbocycles. The van der Waals surface area contributed by atoms with Crippen molar-refractivity contribution in [1.82, 2.24) is 9.88 Å². The molecule has 0 aromatic carbocycles. The fourth-order valence-electron chi connectivity index (χ4n) is 2.70. The van der Waals surface area contributed by atoms with Crippen molar-refractivity contribution >= 4 is 33.5 Å². The number of halogens is 1. The van der Waals surface area contributed by atoms with Crippen molar-refractivity contribution in [1.29, 1.82) is 5.41 Å². The summed E-state index contributed by atoms with van der Waals surface area (Å²) in [5.41, 5.74) is 0.714. The van der Waals surface area contributed by atoms with Crippen LogP contribution in [-0.2, 0) is 4.74 Å². The lowest BCUT2D eigenvalue weighted by Crippen LogP contribution is -2.36. The van der Waals surface area contributed by atoms with Crippen LogP contribution in [0.5, 0.6) is 0 Å². The first-order chi connectivity index (χ1) is 11.4. The minimum absolute atomic E-state index is 0.133. The van der Waals surface area contributed by atoms with Crippen molar-refractivity contribution in [2.45, 2.75) is 38.6 Å². The molecule has 2 N–H and O–H groups in total. The maximum atomic E-state index is 12.2. The second-order valence-corrected chi connectivity index (χ2v) is 6.83. The first-order valence-electron chi connectivity index (χ1n) is 7.89. The quantitative estimate of drug-likeness (QED) is 0.578. The summed E-state index contributed by atoms with van der Waals surface area (Å²) in [6.07, 6.45) is 5.36. The fraction of sp³-hybridized carbons (Fsp3) is 0.471. The van der Waals surface area contributed by atoms with Gasteiger partial charge in [0.2, 0.25) is 0 Å². The molecule has 24 heavy (non-hydrogen) atoms. The van der Waals surface area contributed by atoms with Gasteiger partial charge in [-0.1, -0.05) is 12.8 Å². The van der Waals surface area contributed by atoms with Gasteiger partial charge in [-0.05, 0) is 47.8 Å². The van der Waals surface area contributed by atoms with E-state index in [1.165, 1.54) is 0 Å². The number of amides is 1. The summed E-state index contributed by atoms with van der Waals surface area (Å²) in [7, 11) is 1.73. The van der Waals surface area contributed by atoms with Crippen LogP contribution in [0.25, 0.3) is 5.76 Å². The maximum absolute atomic E-state index is 12.2. The van der Waals surface area contributed by atoms with Gasteiger partial charge in [0.1, 0.15) is 18.1 Å². The van der Waals surface area contributed by atoms with Crippen LogP contribution in [0.3, 0.4) is 0 Å². The van der Waals surface area contributed by atoms with Crippen LogP contribution in [0.4, 0.5) is 4.79 Å². The molecule has 1 aliphatic rings. The minimum atomic E-state index is -0.433. The number of rotatable bonds is 5. The Hall–Kier alpha value is -1.89. The van der Waals surface area contributed by atoms with Crippen molar-refractivity contribution in [2.75, 3.05) is 13.7 Å². The summed E-state index contributed by atoms with van der Waals surface area (Å²) < 4.78 is 6.09. The molecule has 0 aliphatic heterocycles. The maximum Gasteiger partial charge on any atom is 0.410 e. The van der Waals surface area contributed by atoms with Crippen LogP contribution in [-0.4, -0.2) is 46.5 Å². The Bertz CT molecular complexity index is 637. The molecule has 6 nitrogen and oxygen atoms in total. The zero-order valence-corrected chi connectivity index (χ0v) is 15.5. The van der Waals surface area contributed by atoms with E-state index in [-0.39, 0.29) is 29.7 Å². The van der Waals surface area contributed by atoms with Gasteiger partial charge in [0.25, 0.3) is 0 Å². The number of nitrogens with zero attached hydrogens (tertiary/aromatic N) is 2. The van der Waals surface area contributed by atoms with E-state index in [0.717, 1.165) is 30.2 Å². The predicted octanol–water partition coefficient (Wildman–Crippen LogP) is 4.16. The molecule has 1 aromatic rings. The van der Waals surface area contributed by atoms with E-state index in [0.29, 0.717) is 5.69 Å². The van der Waals surface area contributed by atoms with Gasteiger partial charge in [0.05, 0.1) is 5.57 Å². The Labute approximate surface area is 150 Å². The third-order valence-electron chi connectivity index (χ3n) is 4.21. The van der Waals surface area contributed by atoms with Gasteiger partial charge in [-0.2, -0.15) is 0 Å². The molecular weight excluding hydrogens is 374 g/mol. The topological polar surface area (TPSA) is 86.5 Å². The molecule has 7 heteroatoms. The first-order valence-corrected chi connectivity index (χ1v) is 8.68. The van der Waals surface area contributed by atoms with Gasteiger partial charge in [0, 0.05) is 29.5 Å². The van der Waals surface area contributed by atoms with Crippen molar-refractivity contribution in [3.05, 3.63) is 34.1 Å². The highest BCUT2D eigenvalue weighted by Gasteiger charge is 2.25. The van der Waals surface area contributed by atoms with Crippen molar-refractivity contribution in [2.24, 2.45) is 0 Å². The van der Waals surface area contributed by atoms with Gasteiger partial charge >= 0.3 is 6.09 Å². The third-order valence-corrected chi connectivity index (χ3v) is 4.68. The third kappa shape index (κ3) is 4.56. The largest absolute Gasteiger partial charge is 0.505 e. The molecule has 1 heterocycles. The zero-order chi connectivity index (χ0) is 17.7. The van der Waals surface area contributed by atoms with Crippen LogP contribution < -0.4 is 0 Å². The Balaban J connectivity index is 2.07. The van der Waals surface area contributed by atoms with E-state index in [2.05, 4.69) is 20.9 Å². The van der Waals surface area contributed by atoms with Gasteiger partial charge in [0.15, 0.2) is 0 Å². The number of pyridine rings is 1. The second kappa shape index (κ2) is 8.28. The average Bonchev–Trinajstić information content (AvgIpc) is 3.08. The summed E-state index contributed by atoms with van der Waals surface area (Å²) in [5.74, 6) is -0.147. The summed E-state index contributed by atoms with van der Waals surface area (Å²) in [6, 6.07) is 3.59. The number of nitrogens with one attached hydrogen (secondary N) is 1. The van der Waals surface area contributed by atoms with E-state index in [4.69, 9.17) is 10.1 Å². The molecule has 1 aromatic heterocycles. The molecule has 0 unspecified atom stereocenters. The summed E-state index contributed by atoms with van der Waals surface area (Å²) in [6.45, 7) is 1.38. The number of aromatic nitrogens is 1. The van der Waals surface area contributed by atoms with Crippen molar-refractivity contribution in [3.8, 4) is 0 Å². The Morgan fingerprint density at radius 2 is 2.12 bits per heavy atom. The lowest BCUT2D eigenvalue weighted by atomic mass is 10.1. The Morgan fingerprint density at radius 1 is 1.46 bits per heavy atom. The first kappa shape index (κ1) is 18.4. The lowest BCUT2D eigenvalue weighted by molar-refractivity contribution is 0.106. The van der Waals surface area contributed by atoms with Crippen molar-refractivity contribution < 1.29 is 14.6 Å². The molecule has 0 spiro atoms. The van der Waals surface area contributed by atoms with E-state index >= 15 is 0 Å². The molecule has 1 fully saturated rings. The van der Waals surface area contributed by atoms with Gasteiger partial charge in [-0.25, -0.2) is 4.79 Å². The average molecular weight is 396 g/mol. The predicted molar refractivity (Wildman–Crippen MR) is 96.3 cm³/mol. The SMILES string of the molecule is CC(=N)/C(COC(=O)N(C)C1CCCC1)=C(\O)c1ccc(Br)cn1.